The number of hydrogen-bond donors (Lipinski definition) is 2. The molecule has 0 bridgehead atoms. The van der Waals surface area contributed by atoms with Gasteiger partial charge < -0.3 is 5.73 Å². The Morgan fingerprint density at radius 1 is 1.35 bits per heavy atom. The van der Waals surface area contributed by atoms with E-state index < -0.39 is 10.0 Å². The Balaban J connectivity index is 2.30. The van der Waals surface area contributed by atoms with Gasteiger partial charge in [0, 0.05) is 18.8 Å². The summed E-state index contributed by atoms with van der Waals surface area (Å²) in [7, 11) is -1.93. The van der Waals surface area contributed by atoms with Crippen LogP contribution in [0.15, 0.2) is 35.4 Å². The molecule has 1 aromatic carbocycles. The first-order chi connectivity index (χ1) is 9.29. The molecule has 106 valence electrons. The molecule has 0 fully saturated rings. The summed E-state index contributed by atoms with van der Waals surface area (Å²) in [5, 5.41) is 4.08. The van der Waals surface area contributed by atoms with E-state index in [1.807, 2.05) is 0 Å². The van der Waals surface area contributed by atoms with Gasteiger partial charge in [-0.05, 0) is 19.1 Å². The number of nitrogens with one attached hydrogen (secondary N) is 1. The SMILES string of the molecule is Cc1nn(C)cc1NS(=O)(=O)c1ccc(C(N)=S)cc1. The molecular weight excluding hydrogens is 296 g/mol. The number of nitrogens with two attached hydrogens (primary N) is 1. The van der Waals surface area contributed by atoms with Crippen LogP contribution in [0.2, 0.25) is 0 Å². The molecule has 0 aliphatic heterocycles. The van der Waals surface area contributed by atoms with Gasteiger partial charge in [0.1, 0.15) is 4.99 Å². The molecule has 2 rings (SSSR count). The molecule has 0 aliphatic rings. The standard InChI is InChI=1S/C12H14N4O2S2/c1-8-11(7-16(2)14-8)15-20(17,18)10-5-3-9(4-6-10)12(13)19/h3-7,15H,1-2H3,(H2,13,19). The van der Waals surface area contributed by atoms with E-state index in [0.29, 0.717) is 16.9 Å². The second-order valence-corrected chi connectivity index (χ2v) is 6.42. The van der Waals surface area contributed by atoms with Gasteiger partial charge in [-0.2, -0.15) is 5.10 Å². The number of nitrogens with zero attached hydrogens (tertiary/aromatic N) is 2. The van der Waals surface area contributed by atoms with Crippen LogP contribution < -0.4 is 10.5 Å². The number of benzene rings is 1. The molecule has 8 heteroatoms. The number of rotatable bonds is 4. The third-order valence-corrected chi connectivity index (χ3v) is 4.32. The zero-order valence-electron chi connectivity index (χ0n) is 11.0. The molecule has 0 atom stereocenters. The fourth-order valence-corrected chi connectivity index (χ4v) is 2.94. The van der Waals surface area contributed by atoms with E-state index in [1.54, 1.807) is 37.0 Å². The van der Waals surface area contributed by atoms with Gasteiger partial charge in [-0.25, -0.2) is 8.42 Å². The van der Waals surface area contributed by atoms with Crippen LogP contribution in [-0.4, -0.2) is 23.2 Å². The molecule has 0 amide bonds. The van der Waals surface area contributed by atoms with Crippen LogP contribution in [0.1, 0.15) is 11.3 Å². The molecule has 3 N–H and O–H groups in total. The quantitative estimate of drug-likeness (QED) is 0.827. The number of aryl methyl sites for hydroxylation is 2. The van der Waals surface area contributed by atoms with Crippen LogP contribution in [0.25, 0.3) is 0 Å². The van der Waals surface area contributed by atoms with E-state index in [1.165, 1.54) is 12.1 Å². The normalized spacial score (nSPS) is 11.3. The lowest BCUT2D eigenvalue weighted by Crippen LogP contribution is -2.14. The second-order valence-electron chi connectivity index (χ2n) is 4.30. The predicted molar refractivity (Wildman–Crippen MR) is 81.1 cm³/mol. The third kappa shape index (κ3) is 2.97. The summed E-state index contributed by atoms with van der Waals surface area (Å²) < 4.78 is 28.5. The maximum absolute atomic E-state index is 12.2. The molecule has 6 nitrogen and oxygen atoms in total. The zero-order chi connectivity index (χ0) is 14.9. The molecule has 0 spiro atoms. The first-order valence-electron chi connectivity index (χ1n) is 5.72. The summed E-state index contributed by atoms with van der Waals surface area (Å²) in [4.78, 5) is 0.366. The number of thiocarbonyl (C=S) groups is 1. The van der Waals surface area contributed by atoms with Gasteiger partial charge in [-0.3, -0.25) is 9.40 Å². The summed E-state index contributed by atoms with van der Waals surface area (Å²) in [6.07, 6.45) is 1.61. The fourth-order valence-electron chi connectivity index (χ4n) is 1.70. The Bertz CT molecular complexity index is 748. The topological polar surface area (TPSA) is 90.0 Å². The molecule has 20 heavy (non-hydrogen) atoms. The molecule has 1 aromatic heterocycles. The highest BCUT2D eigenvalue weighted by atomic mass is 32.2. The molecule has 0 saturated carbocycles. The molecule has 0 radical (unpaired) electrons. The Hall–Kier alpha value is -1.93. The van der Waals surface area contributed by atoms with Gasteiger partial charge >= 0.3 is 0 Å². The predicted octanol–water partition coefficient (Wildman–Crippen LogP) is 1.16. The van der Waals surface area contributed by atoms with Gasteiger partial charge in [0.2, 0.25) is 0 Å². The lowest BCUT2D eigenvalue weighted by Gasteiger charge is -2.07. The van der Waals surface area contributed by atoms with E-state index in [-0.39, 0.29) is 9.88 Å². The van der Waals surface area contributed by atoms with Crippen molar-refractivity contribution >= 4 is 32.9 Å². The second kappa shape index (κ2) is 5.22. The van der Waals surface area contributed by atoms with Gasteiger partial charge in [-0.1, -0.05) is 24.4 Å². The van der Waals surface area contributed by atoms with E-state index in [4.69, 9.17) is 18.0 Å². The van der Waals surface area contributed by atoms with Gasteiger partial charge in [-0.15, -0.1) is 0 Å². The molecule has 1 heterocycles. The van der Waals surface area contributed by atoms with Crippen molar-refractivity contribution < 1.29 is 8.42 Å². The Morgan fingerprint density at radius 2 is 1.95 bits per heavy atom. The van der Waals surface area contributed by atoms with E-state index in [9.17, 15) is 8.42 Å². The van der Waals surface area contributed by atoms with Crippen LogP contribution in [0.5, 0.6) is 0 Å². The van der Waals surface area contributed by atoms with E-state index in [2.05, 4.69) is 9.82 Å². The van der Waals surface area contributed by atoms with Crippen molar-refractivity contribution in [1.82, 2.24) is 9.78 Å². The van der Waals surface area contributed by atoms with Crippen molar-refractivity contribution in [3.63, 3.8) is 0 Å². The van der Waals surface area contributed by atoms with Gasteiger partial charge in [0.15, 0.2) is 0 Å². The zero-order valence-corrected chi connectivity index (χ0v) is 12.6. The summed E-state index contributed by atoms with van der Waals surface area (Å²) in [5.41, 5.74) is 7.15. The van der Waals surface area contributed by atoms with Crippen LogP contribution in [0, 0.1) is 6.92 Å². The number of hydrogen-bond acceptors (Lipinski definition) is 4. The maximum Gasteiger partial charge on any atom is 0.262 e. The summed E-state index contributed by atoms with van der Waals surface area (Å²) in [5.74, 6) is 0. The highest BCUT2D eigenvalue weighted by Gasteiger charge is 2.16. The largest absolute Gasteiger partial charge is 0.389 e. The van der Waals surface area contributed by atoms with Crippen molar-refractivity contribution in [2.75, 3.05) is 4.72 Å². The minimum Gasteiger partial charge on any atom is -0.389 e. The van der Waals surface area contributed by atoms with Crippen molar-refractivity contribution in [2.24, 2.45) is 12.8 Å². The number of anilines is 1. The average molecular weight is 310 g/mol. The Kier molecular flexibility index (Phi) is 3.78. The minimum absolute atomic E-state index is 0.140. The highest BCUT2D eigenvalue weighted by Crippen LogP contribution is 2.18. The Labute approximate surface area is 122 Å². The lowest BCUT2D eigenvalue weighted by molar-refractivity contribution is 0.601. The highest BCUT2D eigenvalue weighted by molar-refractivity contribution is 7.92. The smallest absolute Gasteiger partial charge is 0.262 e. The van der Waals surface area contributed by atoms with Crippen molar-refractivity contribution in [2.45, 2.75) is 11.8 Å². The molecule has 0 unspecified atom stereocenters. The molecule has 0 saturated heterocycles. The third-order valence-electron chi connectivity index (χ3n) is 2.71. The molecule has 2 aromatic rings. The Morgan fingerprint density at radius 3 is 2.40 bits per heavy atom. The van der Waals surface area contributed by atoms with E-state index in [0.717, 1.165) is 0 Å². The monoisotopic (exact) mass is 310 g/mol. The summed E-state index contributed by atoms with van der Waals surface area (Å²) in [6.45, 7) is 1.73. The first-order valence-corrected chi connectivity index (χ1v) is 7.61. The average Bonchev–Trinajstić information content (AvgIpc) is 2.67. The van der Waals surface area contributed by atoms with E-state index >= 15 is 0 Å². The summed E-state index contributed by atoms with van der Waals surface area (Å²) in [6, 6.07) is 6.07. The van der Waals surface area contributed by atoms with Crippen molar-refractivity contribution in [1.29, 1.82) is 0 Å². The number of aromatic nitrogens is 2. The van der Waals surface area contributed by atoms with Crippen LogP contribution in [-0.2, 0) is 17.1 Å². The van der Waals surface area contributed by atoms with Crippen molar-refractivity contribution in [3.8, 4) is 0 Å². The van der Waals surface area contributed by atoms with Crippen LogP contribution >= 0.6 is 12.2 Å². The van der Waals surface area contributed by atoms with Crippen LogP contribution in [0.4, 0.5) is 5.69 Å². The van der Waals surface area contributed by atoms with Crippen LogP contribution in [0.3, 0.4) is 0 Å². The summed E-state index contributed by atoms with van der Waals surface area (Å²) >= 11 is 4.83. The lowest BCUT2D eigenvalue weighted by atomic mass is 10.2. The molecular formula is C12H14N4O2S2. The minimum atomic E-state index is -3.65. The van der Waals surface area contributed by atoms with Crippen molar-refractivity contribution in [3.05, 3.63) is 41.7 Å². The first kappa shape index (κ1) is 14.5. The fraction of sp³-hybridized carbons (Fsp3) is 0.167. The van der Waals surface area contributed by atoms with Gasteiger partial charge in [0.05, 0.1) is 16.3 Å². The maximum atomic E-state index is 12.2. The number of sulfonamides is 1. The molecule has 0 aliphatic carbocycles. The van der Waals surface area contributed by atoms with Gasteiger partial charge in [0.25, 0.3) is 10.0 Å².